The molecule has 0 radical (unpaired) electrons. The molecule has 0 aliphatic rings. The summed E-state index contributed by atoms with van der Waals surface area (Å²) in [5.41, 5.74) is -0.373. The monoisotopic (exact) mass is 276 g/mol. The highest BCUT2D eigenvalue weighted by molar-refractivity contribution is 5.87. The van der Waals surface area contributed by atoms with Gasteiger partial charge in [0.05, 0.1) is 23.4 Å². The highest BCUT2D eigenvalue weighted by Crippen LogP contribution is 2.28. The third-order valence-electron chi connectivity index (χ3n) is 2.31. The minimum atomic E-state index is -1.25. The van der Waals surface area contributed by atoms with Crippen LogP contribution in [-0.4, -0.2) is 16.1 Å². The average molecular weight is 276 g/mol. The minimum absolute atomic E-state index is 0.132. The summed E-state index contributed by atoms with van der Waals surface area (Å²) in [6.07, 6.45) is 2.18. The molecule has 0 aliphatic carbocycles. The van der Waals surface area contributed by atoms with Crippen molar-refractivity contribution in [3.63, 3.8) is 0 Å². The Balaban J connectivity index is 2.38. The molecule has 0 fully saturated rings. The van der Waals surface area contributed by atoms with Crippen LogP contribution in [0.15, 0.2) is 30.6 Å². The minimum Gasteiger partial charge on any atom is -0.478 e. The van der Waals surface area contributed by atoms with Crippen LogP contribution in [0.3, 0.4) is 0 Å². The Kier molecular flexibility index (Phi) is 3.57. The molecule has 0 bridgehead atoms. The Morgan fingerprint density at radius 2 is 1.90 bits per heavy atom. The van der Waals surface area contributed by atoms with Gasteiger partial charge in [0.2, 0.25) is 0 Å². The van der Waals surface area contributed by atoms with E-state index in [0.717, 1.165) is 30.6 Å². The summed E-state index contributed by atoms with van der Waals surface area (Å²) in [5.74, 6) is -4.24. The van der Waals surface area contributed by atoms with Crippen LogP contribution >= 0.6 is 0 Å². The zero-order valence-corrected chi connectivity index (χ0v) is 9.80. The number of hydrogen-bond donors (Lipinski definition) is 1. The smallest absolute Gasteiger partial charge is 0.337 e. The van der Waals surface area contributed by atoms with Crippen LogP contribution in [0.2, 0.25) is 0 Å². The van der Waals surface area contributed by atoms with E-state index in [1.807, 2.05) is 0 Å². The number of aromatic nitrogens is 1. The first-order valence-electron chi connectivity index (χ1n) is 5.26. The quantitative estimate of drug-likeness (QED) is 0.931. The maximum Gasteiger partial charge on any atom is 0.337 e. The number of nitriles is 1. The van der Waals surface area contributed by atoms with Gasteiger partial charge in [-0.05, 0) is 18.2 Å². The van der Waals surface area contributed by atoms with Gasteiger partial charge in [-0.25, -0.2) is 13.6 Å². The average Bonchev–Trinajstić information content (AvgIpc) is 2.42. The second kappa shape index (κ2) is 5.32. The van der Waals surface area contributed by atoms with Crippen LogP contribution in [0.5, 0.6) is 11.5 Å². The second-order valence-electron chi connectivity index (χ2n) is 3.70. The molecule has 0 atom stereocenters. The summed E-state index contributed by atoms with van der Waals surface area (Å²) in [4.78, 5) is 14.3. The van der Waals surface area contributed by atoms with Crippen molar-refractivity contribution in [2.24, 2.45) is 0 Å². The Hall–Kier alpha value is -3.01. The Bertz CT molecular complexity index is 703. The van der Waals surface area contributed by atoms with Gasteiger partial charge in [-0.1, -0.05) is 0 Å². The number of nitrogens with zero attached hydrogens (tertiary/aromatic N) is 2. The zero-order valence-electron chi connectivity index (χ0n) is 9.80. The lowest BCUT2D eigenvalue weighted by molar-refractivity contribution is 0.0696. The van der Waals surface area contributed by atoms with Gasteiger partial charge in [-0.2, -0.15) is 5.26 Å². The van der Waals surface area contributed by atoms with Gasteiger partial charge in [0.15, 0.2) is 17.4 Å². The van der Waals surface area contributed by atoms with Gasteiger partial charge >= 0.3 is 5.97 Å². The molecule has 0 saturated carbocycles. The van der Waals surface area contributed by atoms with Crippen molar-refractivity contribution < 1.29 is 23.4 Å². The predicted octanol–water partition coefficient (Wildman–Crippen LogP) is 2.72. The molecule has 0 amide bonds. The summed E-state index contributed by atoms with van der Waals surface area (Å²) in [5, 5.41) is 17.3. The molecule has 0 aliphatic heterocycles. The van der Waals surface area contributed by atoms with Gasteiger partial charge in [0.1, 0.15) is 5.75 Å². The van der Waals surface area contributed by atoms with E-state index in [0.29, 0.717) is 0 Å². The van der Waals surface area contributed by atoms with E-state index in [1.165, 1.54) is 0 Å². The van der Waals surface area contributed by atoms with E-state index < -0.39 is 23.4 Å². The van der Waals surface area contributed by atoms with Crippen molar-refractivity contribution >= 4 is 5.97 Å². The van der Waals surface area contributed by atoms with Gasteiger partial charge in [0.25, 0.3) is 0 Å². The zero-order chi connectivity index (χ0) is 14.7. The summed E-state index contributed by atoms with van der Waals surface area (Å²) in [6, 6.07) is 4.30. The topological polar surface area (TPSA) is 83.2 Å². The van der Waals surface area contributed by atoms with Crippen molar-refractivity contribution in [2.45, 2.75) is 0 Å². The molecule has 5 nitrogen and oxygen atoms in total. The molecule has 20 heavy (non-hydrogen) atoms. The van der Waals surface area contributed by atoms with Gasteiger partial charge in [0, 0.05) is 6.20 Å². The maximum atomic E-state index is 13.6. The number of aromatic carboxylic acids is 1. The van der Waals surface area contributed by atoms with Crippen LogP contribution < -0.4 is 4.74 Å². The lowest BCUT2D eigenvalue weighted by Gasteiger charge is -2.08. The molecule has 0 unspecified atom stereocenters. The number of carboxylic acid groups (broad SMARTS) is 1. The number of pyridine rings is 1. The third-order valence-corrected chi connectivity index (χ3v) is 2.31. The fourth-order valence-corrected chi connectivity index (χ4v) is 1.43. The fourth-order valence-electron chi connectivity index (χ4n) is 1.43. The normalized spacial score (nSPS) is 9.85. The standard InChI is InChI=1S/C13H6F2N2O3/c14-10-1-7(4-16)2-11(15)12(10)20-9-3-8(13(18)19)5-17-6-9/h1-3,5-6H,(H,18,19). The first kappa shape index (κ1) is 13.4. The summed E-state index contributed by atoms with van der Waals surface area (Å²) >= 11 is 0. The van der Waals surface area contributed by atoms with Crippen molar-refractivity contribution in [2.75, 3.05) is 0 Å². The summed E-state index contributed by atoms with van der Waals surface area (Å²) < 4.78 is 32.1. The fraction of sp³-hybridized carbons (Fsp3) is 0. The SMILES string of the molecule is N#Cc1cc(F)c(Oc2cncc(C(=O)O)c2)c(F)c1. The molecule has 2 aromatic rings. The lowest BCUT2D eigenvalue weighted by atomic mass is 10.2. The van der Waals surface area contributed by atoms with Crippen LogP contribution in [0, 0.1) is 23.0 Å². The number of carboxylic acids is 1. The molecule has 100 valence electrons. The Morgan fingerprint density at radius 1 is 1.25 bits per heavy atom. The van der Waals surface area contributed by atoms with Crippen LogP contribution in [0.4, 0.5) is 8.78 Å². The number of halogens is 2. The largest absolute Gasteiger partial charge is 0.478 e. The highest BCUT2D eigenvalue weighted by Gasteiger charge is 2.15. The molecule has 0 saturated heterocycles. The lowest BCUT2D eigenvalue weighted by Crippen LogP contribution is -1.99. The molecule has 1 heterocycles. The van der Waals surface area contributed by atoms with Crippen molar-refractivity contribution in [3.8, 4) is 17.6 Å². The number of benzene rings is 1. The summed E-state index contributed by atoms with van der Waals surface area (Å²) in [6.45, 7) is 0. The number of hydrogen-bond acceptors (Lipinski definition) is 4. The van der Waals surface area contributed by atoms with E-state index in [2.05, 4.69) is 4.98 Å². The molecular formula is C13H6F2N2O3. The van der Waals surface area contributed by atoms with Gasteiger partial charge in [-0.3, -0.25) is 4.98 Å². The maximum absolute atomic E-state index is 13.6. The van der Waals surface area contributed by atoms with Crippen molar-refractivity contribution in [3.05, 3.63) is 53.4 Å². The highest BCUT2D eigenvalue weighted by atomic mass is 19.1. The molecule has 2 rings (SSSR count). The van der Waals surface area contributed by atoms with Crippen LogP contribution in [-0.2, 0) is 0 Å². The predicted molar refractivity (Wildman–Crippen MR) is 62.3 cm³/mol. The molecular weight excluding hydrogens is 270 g/mol. The van der Waals surface area contributed by atoms with Crippen LogP contribution in [0.1, 0.15) is 15.9 Å². The summed E-state index contributed by atoms with van der Waals surface area (Å²) in [7, 11) is 0. The van der Waals surface area contributed by atoms with Crippen molar-refractivity contribution in [1.82, 2.24) is 4.98 Å². The molecule has 0 spiro atoms. The number of carbonyl (C=O) groups is 1. The third kappa shape index (κ3) is 2.70. The molecule has 1 N–H and O–H groups in total. The van der Waals surface area contributed by atoms with E-state index >= 15 is 0 Å². The Morgan fingerprint density at radius 3 is 2.45 bits per heavy atom. The van der Waals surface area contributed by atoms with E-state index in [9.17, 15) is 13.6 Å². The first-order valence-corrected chi connectivity index (χ1v) is 5.26. The van der Waals surface area contributed by atoms with Crippen molar-refractivity contribution in [1.29, 1.82) is 5.26 Å². The second-order valence-corrected chi connectivity index (χ2v) is 3.70. The van der Waals surface area contributed by atoms with Gasteiger partial charge < -0.3 is 9.84 Å². The molecule has 7 heteroatoms. The van der Waals surface area contributed by atoms with Gasteiger partial charge in [-0.15, -0.1) is 0 Å². The van der Waals surface area contributed by atoms with Crippen LogP contribution in [0.25, 0.3) is 0 Å². The number of ether oxygens (including phenoxy) is 1. The molecule has 1 aromatic heterocycles. The number of rotatable bonds is 3. The molecule has 1 aromatic carbocycles. The van der Waals surface area contributed by atoms with E-state index in [4.69, 9.17) is 15.1 Å². The van der Waals surface area contributed by atoms with E-state index in [1.54, 1.807) is 6.07 Å². The first-order chi connectivity index (χ1) is 9.51. The van der Waals surface area contributed by atoms with E-state index in [-0.39, 0.29) is 16.9 Å². The Labute approximate surface area is 111 Å².